The van der Waals surface area contributed by atoms with Crippen LogP contribution in [0.4, 0.5) is 0 Å². The topological polar surface area (TPSA) is 0 Å². The molecule has 21 heavy (non-hydrogen) atoms. The van der Waals surface area contributed by atoms with Gasteiger partial charge in [0.05, 0.1) is 0 Å². The monoisotopic (exact) mass is 294 g/mol. The van der Waals surface area contributed by atoms with Gasteiger partial charge in [0.25, 0.3) is 0 Å². The average molecular weight is 294 g/mol. The fourth-order valence-electron chi connectivity index (χ4n) is 2.91. The van der Waals surface area contributed by atoms with Gasteiger partial charge in [0, 0.05) is 4.90 Å². The summed E-state index contributed by atoms with van der Waals surface area (Å²) in [6.45, 7) is 4.50. The highest BCUT2D eigenvalue weighted by Gasteiger charge is 2.15. The zero-order chi connectivity index (χ0) is 14.7. The SMILES string of the molecule is CCc1cccc(CCC2=C(C)Sc3ccccc3C2)c1. The average Bonchev–Trinajstić information content (AvgIpc) is 2.53. The van der Waals surface area contributed by atoms with E-state index in [0.29, 0.717) is 0 Å². The molecule has 1 heterocycles. The Morgan fingerprint density at radius 3 is 2.62 bits per heavy atom. The van der Waals surface area contributed by atoms with Crippen LogP contribution < -0.4 is 0 Å². The number of hydrogen-bond acceptors (Lipinski definition) is 1. The molecular weight excluding hydrogens is 272 g/mol. The predicted octanol–water partition coefficient (Wildman–Crippen LogP) is 5.80. The Kier molecular flexibility index (Phi) is 4.50. The van der Waals surface area contributed by atoms with Crippen LogP contribution in [0.3, 0.4) is 0 Å². The van der Waals surface area contributed by atoms with Crippen LogP contribution in [0.25, 0.3) is 0 Å². The highest BCUT2D eigenvalue weighted by Crippen LogP contribution is 2.39. The first kappa shape index (κ1) is 14.5. The van der Waals surface area contributed by atoms with Crippen molar-refractivity contribution in [1.82, 2.24) is 0 Å². The van der Waals surface area contributed by atoms with E-state index in [2.05, 4.69) is 62.4 Å². The van der Waals surface area contributed by atoms with Gasteiger partial charge in [0.2, 0.25) is 0 Å². The molecule has 0 aromatic heterocycles. The Labute approximate surface area is 132 Å². The standard InChI is InChI=1S/C20H22S/c1-3-16-7-6-8-17(13-16)11-12-18-14-19-9-4-5-10-20(19)21-15(18)2/h4-10,13H,3,11-12,14H2,1-2H3. The molecule has 0 fully saturated rings. The largest absolute Gasteiger partial charge is 0.0946 e. The van der Waals surface area contributed by atoms with Crippen LogP contribution in [0.5, 0.6) is 0 Å². The first-order valence-corrected chi connectivity index (χ1v) is 8.60. The quantitative estimate of drug-likeness (QED) is 0.686. The van der Waals surface area contributed by atoms with Crippen molar-refractivity contribution in [2.45, 2.75) is 44.4 Å². The highest BCUT2D eigenvalue weighted by atomic mass is 32.2. The molecule has 0 saturated heterocycles. The van der Waals surface area contributed by atoms with Crippen molar-refractivity contribution in [3.8, 4) is 0 Å². The van der Waals surface area contributed by atoms with Crippen LogP contribution in [0.2, 0.25) is 0 Å². The highest BCUT2D eigenvalue weighted by molar-refractivity contribution is 8.03. The Hall–Kier alpha value is -1.47. The summed E-state index contributed by atoms with van der Waals surface area (Å²) in [5, 5.41) is 0. The summed E-state index contributed by atoms with van der Waals surface area (Å²) in [5.74, 6) is 0. The predicted molar refractivity (Wildman–Crippen MR) is 92.8 cm³/mol. The van der Waals surface area contributed by atoms with E-state index in [4.69, 9.17) is 0 Å². The summed E-state index contributed by atoms with van der Waals surface area (Å²) >= 11 is 1.94. The Bertz CT molecular complexity index is 667. The number of allylic oxidation sites excluding steroid dienone is 2. The van der Waals surface area contributed by atoms with Crippen molar-refractivity contribution in [2.75, 3.05) is 0 Å². The lowest BCUT2D eigenvalue weighted by molar-refractivity contribution is 0.877. The van der Waals surface area contributed by atoms with E-state index in [9.17, 15) is 0 Å². The van der Waals surface area contributed by atoms with Gasteiger partial charge in [0.1, 0.15) is 0 Å². The number of thioether (sulfide) groups is 1. The summed E-state index contributed by atoms with van der Waals surface area (Å²) in [6, 6.07) is 17.8. The Balaban J connectivity index is 1.70. The number of fused-ring (bicyclic) bond motifs is 1. The van der Waals surface area contributed by atoms with Gasteiger partial charge in [-0.1, -0.05) is 66.7 Å². The van der Waals surface area contributed by atoms with Gasteiger partial charge in [-0.3, -0.25) is 0 Å². The van der Waals surface area contributed by atoms with Crippen LogP contribution in [0.1, 0.15) is 37.0 Å². The molecule has 1 heteroatoms. The third kappa shape index (κ3) is 3.41. The molecule has 0 bridgehead atoms. The molecule has 2 aromatic rings. The maximum absolute atomic E-state index is 2.36. The first-order valence-electron chi connectivity index (χ1n) is 7.78. The third-order valence-corrected chi connectivity index (χ3v) is 5.47. The lowest BCUT2D eigenvalue weighted by atomic mass is 9.97. The molecular formula is C20H22S. The first-order chi connectivity index (χ1) is 10.3. The summed E-state index contributed by atoms with van der Waals surface area (Å²) in [6.07, 6.45) is 4.59. The fourth-order valence-corrected chi connectivity index (χ4v) is 3.97. The van der Waals surface area contributed by atoms with Crippen LogP contribution >= 0.6 is 11.8 Å². The van der Waals surface area contributed by atoms with Crippen molar-refractivity contribution in [1.29, 1.82) is 0 Å². The second-order valence-electron chi connectivity index (χ2n) is 5.72. The molecule has 1 aliphatic heterocycles. The lowest BCUT2D eigenvalue weighted by Crippen LogP contribution is -2.02. The smallest absolute Gasteiger partial charge is 0.0154 e. The summed E-state index contributed by atoms with van der Waals surface area (Å²) < 4.78 is 0. The maximum Gasteiger partial charge on any atom is 0.0154 e. The van der Waals surface area contributed by atoms with E-state index < -0.39 is 0 Å². The Morgan fingerprint density at radius 1 is 0.952 bits per heavy atom. The van der Waals surface area contributed by atoms with Crippen LogP contribution in [-0.2, 0) is 19.3 Å². The van der Waals surface area contributed by atoms with E-state index in [1.54, 1.807) is 5.57 Å². The van der Waals surface area contributed by atoms with Crippen LogP contribution in [-0.4, -0.2) is 0 Å². The van der Waals surface area contributed by atoms with Gasteiger partial charge >= 0.3 is 0 Å². The van der Waals surface area contributed by atoms with E-state index in [1.807, 2.05) is 11.8 Å². The molecule has 0 radical (unpaired) electrons. The van der Waals surface area contributed by atoms with Crippen molar-refractivity contribution in [3.63, 3.8) is 0 Å². The number of rotatable bonds is 4. The molecule has 1 aliphatic rings. The number of aryl methyl sites for hydroxylation is 2. The zero-order valence-electron chi connectivity index (χ0n) is 12.9. The molecule has 0 amide bonds. The summed E-state index contributed by atoms with van der Waals surface area (Å²) in [4.78, 5) is 2.94. The van der Waals surface area contributed by atoms with Gasteiger partial charge < -0.3 is 0 Å². The van der Waals surface area contributed by atoms with Gasteiger partial charge in [-0.15, -0.1) is 0 Å². The molecule has 0 N–H and O–H groups in total. The van der Waals surface area contributed by atoms with Crippen LogP contribution in [0.15, 0.2) is 63.9 Å². The van der Waals surface area contributed by atoms with Gasteiger partial charge in [0.15, 0.2) is 0 Å². The van der Waals surface area contributed by atoms with Gasteiger partial charge in [-0.05, 0) is 60.3 Å². The maximum atomic E-state index is 2.36. The Morgan fingerprint density at radius 2 is 1.76 bits per heavy atom. The molecule has 0 spiro atoms. The second-order valence-corrected chi connectivity index (χ2v) is 6.98. The molecule has 2 aromatic carbocycles. The minimum absolute atomic E-state index is 1.12. The van der Waals surface area contributed by atoms with Crippen molar-refractivity contribution in [3.05, 3.63) is 75.7 Å². The zero-order valence-corrected chi connectivity index (χ0v) is 13.7. The van der Waals surface area contributed by atoms with Gasteiger partial charge in [-0.2, -0.15) is 0 Å². The van der Waals surface area contributed by atoms with Crippen molar-refractivity contribution in [2.24, 2.45) is 0 Å². The molecule has 0 saturated carbocycles. The summed E-state index contributed by atoms with van der Waals surface area (Å²) in [7, 11) is 0. The van der Waals surface area contributed by atoms with E-state index >= 15 is 0 Å². The molecule has 0 nitrogen and oxygen atoms in total. The number of benzene rings is 2. The number of hydrogen-bond donors (Lipinski definition) is 0. The minimum atomic E-state index is 1.12. The molecule has 0 unspecified atom stereocenters. The molecule has 3 rings (SSSR count). The molecule has 108 valence electrons. The van der Waals surface area contributed by atoms with E-state index in [-0.39, 0.29) is 0 Å². The normalized spacial score (nSPS) is 14.2. The molecule has 0 atom stereocenters. The minimum Gasteiger partial charge on any atom is -0.0946 e. The second kappa shape index (κ2) is 6.53. The van der Waals surface area contributed by atoms with Crippen LogP contribution in [0, 0.1) is 0 Å². The molecule has 0 aliphatic carbocycles. The lowest BCUT2D eigenvalue weighted by Gasteiger charge is -2.20. The fraction of sp³-hybridized carbons (Fsp3) is 0.300. The third-order valence-electron chi connectivity index (χ3n) is 4.25. The van der Waals surface area contributed by atoms with Gasteiger partial charge in [-0.25, -0.2) is 0 Å². The van der Waals surface area contributed by atoms with E-state index in [1.165, 1.54) is 32.9 Å². The van der Waals surface area contributed by atoms with Crippen molar-refractivity contribution < 1.29 is 0 Å². The van der Waals surface area contributed by atoms with E-state index in [0.717, 1.165) is 19.3 Å². The summed E-state index contributed by atoms with van der Waals surface area (Å²) in [5.41, 5.74) is 6.02. The van der Waals surface area contributed by atoms with Crippen molar-refractivity contribution >= 4 is 11.8 Å².